The van der Waals surface area contributed by atoms with Crippen LogP contribution in [-0.4, -0.2) is 18.4 Å². The number of amides is 2. The van der Waals surface area contributed by atoms with E-state index in [4.69, 9.17) is 23.2 Å². The topological polar surface area (TPSA) is 70.2 Å². The van der Waals surface area contributed by atoms with Gasteiger partial charge in [-0.3, -0.25) is 9.59 Å². The van der Waals surface area contributed by atoms with Gasteiger partial charge >= 0.3 is 0 Å². The second kappa shape index (κ2) is 10.8. The number of hydrogen-bond donors (Lipinski definition) is 3. The monoisotopic (exact) mass is 407 g/mol. The number of unbranched alkanes of at least 4 members (excludes halogenated alkanes) is 2. The summed E-state index contributed by atoms with van der Waals surface area (Å²) in [6.45, 7) is 2.13. The van der Waals surface area contributed by atoms with E-state index >= 15 is 0 Å². The predicted octanol–water partition coefficient (Wildman–Crippen LogP) is 5.56. The summed E-state index contributed by atoms with van der Waals surface area (Å²) in [5.74, 6) is -0.262. The normalized spacial score (nSPS) is 10.3. The van der Waals surface area contributed by atoms with Crippen molar-refractivity contribution in [1.29, 1.82) is 0 Å². The first-order valence-electron chi connectivity index (χ1n) is 8.87. The van der Waals surface area contributed by atoms with Crippen molar-refractivity contribution in [3.8, 4) is 0 Å². The SMILES string of the molecule is CCCCCC(=O)Nc1cccc(NC(=O)CNc2cccc(Cl)c2Cl)c1. The fourth-order valence-corrected chi connectivity index (χ4v) is 2.82. The Kier molecular flexibility index (Phi) is 8.43. The van der Waals surface area contributed by atoms with Crippen molar-refractivity contribution in [2.24, 2.45) is 0 Å². The molecule has 7 heteroatoms. The van der Waals surface area contributed by atoms with Gasteiger partial charge in [0.2, 0.25) is 11.8 Å². The van der Waals surface area contributed by atoms with E-state index in [1.165, 1.54) is 0 Å². The van der Waals surface area contributed by atoms with E-state index in [2.05, 4.69) is 22.9 Å². The minimum atomic E-state index is -0.238. The van der Waals surface area contributed by atoms with Crippen LogP contribution in [0.4, 0.5) is 17.1 Å². The van der Waals surface area contributed by atoms with Crippen LogP contribution in [0.25, 0.3) is 0 Å². The van der Waals surface area contributed by atoms with Gasteiger partial charge in [0.05, 0.1) is 22.3 Å². The van der Waals surface area contributed by atoms with E-state index in [9.17, 15) is 9.59 Å². The summed E-state index contributed by atoms with van der Waals surface area (Å²) in [5, 5.41) is 9.38. The lowest BCUT2D eigenvalue weighted by atomic mass is 10.2. The minimum absolute atomic E-state index is 0.0239. The molecule has 0 aliphatic carbocycles. The Morgan fingerprint density at radius 1 is 0.926 bits per heavy atom. The minimum Gasteiger partial charge on any atom is -0.375 e. The second-order valence-corrected chi connectivity index (χ2v) is 6.87. The molecule has 0 aromatic heterocycles. The zero-order valence-electron chi connectivity index (χ0n) is 15.1. The number of nitrogens with one attached hydrogen (secondary N) is 3. The quantitative estimate of drug-likeness (QED) is 0.476. The number of rotatable bonds is 9. The molecule has 3 N–H and O–H groups in total. The van der Waals surface area contributed by atoms with Gasteiger partial charge in [0.15, 0.2) is 0 Å². The van der Waals surface area contributed by atoms with Gasteiger partial charge in [0.1, 0.15) is 0 Å². The summed E-state index contributed by atoms with van der Waals surface area (Å²) >= 11 is 12.0. The molecule has 0 aliphatic rings. The van der Waals surface area contributed by atoms with Crippen LogP contribution < -0.4 is 16.0 Å². The first-order valence-corrected chi connectivity index (χ1v) is 9.63. The molecule has 0 unspecified atom stereocenters. The first-order chi connectivity index (χ1) is 13.0. The maximum Gasteiger partial charge on any atom is 0.243 e. The van der Waals surface area contributed by atoms with E-state index < -0.39 is 0 Å². The average molecular weight is 408 g/mol. The molecule has 0 aliphatic heterocycles. The second-order valence-electron chi connectivity index (χ2n) is 6.09. The smallest absolute Gasteiger partial charge is 0.243 e. The number of carbonyl (C=O) groups excluding carboxylic acids is 2. The Balaban J connectivity index is 1.86. The molecule has 5 nitrogen and oxygen atoms in total. The number of benzene rings is 2. The van der Waals surface area contributed by atoms with Crippen LogP contribution in [0, 0.1) is 0 Å². The molecule has 144 valence electrons. The summed E-state index contributed by atoms with van der Waals surface area (Å²) in [4.78, 5) is 24.1. The molecule has 0 saturated heterocycles. The summed E-state index contributed by atoms with van der Waals surface area (Å²) in [5.41, 5.74) is 1.85. The van der Waals surface area contributed by atoms with Crippen LogP contribution in [0.15, 0.2) is 42.5 Å². The van der Waals surface area contributed by atoms with Crippen LogP contribution in [0.3, 0.4) is 0 Å². The average Bonchev–Trinajstić information content (AvgIpc) is 2.63. The lowest BCUT2D eigenvalue weighted by Gasteiger charge is -2.11. The van der Waals surface area contributed by atoms with Crippen molar-refractivity contribution in [3.05, 3.63) is 52.5 Å². The van der Waals surface area contributed by atoms with Gasteiger partial charge in [-0.2, -0.15) is 0 Å². The Bertz CT molecular complexity index is 797. The highest BCUT2D eigenvalue weighted by atomic mass is 35.5. The van der Waals surface area contributed by atoms with Crippen LogP contribution in [0.5, 0.6) is 0 Å². The lowest BCUT2D eigenvalue weighted by molar-refractivity contribution is -0.116. The maximum absolute atomic E-state index is 12.2. The van der Waals surface area contributed by atoms with Gasteiger partial charge in [-0.1, -0.05) is 55.1 Å². The third-order valence-electron chi connectivity index (χ3n) is 3.83. The maximum atomic E-state index is 12.2. The van der Waals surface area contributed by atoms with Crippen molar-refractivity contribution in [1.82, 2.24) is 0 Å². The Morgan fingerprint density at radius 3 is 2.30 bits per heavy atom. The number of carbonyl (C=O) groups is 2. The Labute approximate surface area is 169 Å². The van der Waals surface area contributed by atoms with Gasteiger partial charge in [-0.25, -0.2) is 0 Å². The molecule has 2 aromatic carbocycles. The van der Waals surface area contributed by atoms with E-state index in [-0.39, 0.29) is 18.4 Å². The molecule has 2 amide bonds. The number of anilines is 3. The zero-order valence-corrected chi connectivity index (χ0v) is 16.7. The summed E-state index contributed by atoms with van der Waals surface area (Å²) in [7, 11) is 0. The van der Waals surface area contributed by atoms with Gasteiger partial charge in [-0.15, -0.1) is 0 Å². The highest BCUT2D eigenvalue weighted by molar-refractivity contribution is 6.43. The van der Waals surface area contributed by atoms with Gasteiger partial charge in [0.25, 0.3) is 0 Å². The predicted molar refractivity (Wildman–Crippen MR) is 113 cm³/mol. The molecule has 0 fully saturated rings. The van der Waals surface area contributed by atoms with Crippen molar-refractivity contribution in [2.45, 2.75) is 32.6 Å². The fraction of sp³-hybridized carbons (Fsp3) is 0.300. The molecule has 0 saturated carbocycles. The summed E-state index contributed by atoms with van der Waals surface area (Å²) < 4.78 is 0. The van der Waals surface area contributed by atoms with E-state index in [0.29, 0.717) is 33.5 Å². The van der Waals surface area contributed by atoms with Crippen molar-refractivity contribution in [2.75, 3.05) is 22.5 Å². The highest BCUT2D eigenvalue weighted by Gasteiger charge is 2.08. The Hall–Kier alpha value is -2.24. The summed E-state index contributed by atoms with van der Waals surface area (Å²) in [6, 6.07) is 12.2. The van der Waals surface area contributed by atoms with Crippen LogP contribution >= 0.6 is 23.2 Å². The Morgan fingerprint density at radius 2 is 1.59 bits per heavy atom. The van der Waals surface area contributed by atoms with Crippen molar-refractivity contribution in [3.63, 3.8) is 0 Å². The molecule has 2 aromatic rings. The molecule has 0 bridgehead atoms. The lowest BCUT2D eigenvalue weighted by Crippen LogP contribution is -2.22. The van der Waals surface area contributed by atoms with E-state index in [0.717, 1.165) is 19.3 Å². The molecular weight excluding hydrogens is 385 g/mol. The first kappa shape index (κ1) is 21.1. The van der Waals surface area contributed by atoms with E-state index in [1.54, 1.807) is 42.5 Å². The van der Waals surface area contributed by atoms with Crippen molar-refractivity contribution >= 4 is 52.1 Å². The van der Waals surface area contributed by atoms with Gasteiger partial charge < -0.3 is 16.0 Å². The molecule has 27 heavy (non-hydrogen) atoms. The standard InChI is InChI=1S/C20H23Cl2N3O2/c1-2-3-4-11-18(26)24-14-7-5-8-15(12-14)25-19(27)13-23-17-10-6-9-16(21)20(17)22/h5-10,12,23H,2-4,11,13H2,1H3,(H,24,26)(H,25,27). The molecule has 0 atom stereocenters. The third-order valence-corrected chi connectivity index (χ3v) is 4.65. The highest BCUT2D eigenvalue weighted by Crippen LogP contribution is 2.29. The fourth-order valence-electron chi connectivity index (χ4n) is 2.45. The molecule has 2 rings (SSSR count). The summed E-state index contributed by atoms with van der Waals surface area (Å²) in [6.07, 6.45) is 3.47. The molecular formula is C20H23Cl2N3O2. The van der Waals surface area contributed by atoms with E-state index in [1.807, 2.05) is 0 Å². The van der Waals surface area contributed by atoms with Crippen LogP contribution in [0.2, 0.25) is 10.0 Å². The number of halogens is 2. The molecule has 0 spiro atoms. The van der Waals surface area contributed by atoms with Gasteiger partial charge in [0, 0.05) is 17.8 Å². The zero-order chi connectivity index (χ0) is 19.6. The molecule has 0 heterocycles. The van der Waals surface area contributed by atoms with Gasteiger partial charge in [-0.05, 0) is 36.8 Å². The van der Waals surface area contributed by atoms with Crippen LogP contribution in [0.1, 0.15) is 32.6 Å². The van der Waals surface area contributed by atoms with Crippen LogP contribution in [-0.2, 0) is 9.59 Å². The molecule has 0 radical (unpaired) electrons. The number of hydrogen-bond acceptors (Lipinski definition) is 3. The largest absolute Gasteiger partial charge is 0.375 e. The third kappa shape index (κ3) is 7.12. The van der Waals surface area contributed by atoms with Crippen molar-refractivity contribution < 1.29 is 9.59 Å².